The largest absolute Gasteiger partial charge is 0.379 e. The van der Waals surface area contributed by atoms with Gasteiger partial charge in [-0.25, -0.2) is 9.78 Å². The average molecular weight is 394 g/mol. The smallest absolute Gasteiger partial charge is 0.332 e. The molecule has 1 aromatic heterocycles. The van der Waals surface area contributed by atoms with Crippen LogP contribution in [-0.2, 0) is 9.63 Å². The zero-order valence-electron chi connectivity index (χ0n) is 14.9. The van der Waals surface area contributed by atoms with Crippen LogP contribution in [-0.4, -0.2) is 22.6 Å². The van der Waals surface area contributed by atoms with Crippen LogP contribution in [0.15, 0.2) is 65.8 Å². The molecule has 0 spiro atoms. The molecule has 0 unspecified atom stereocenters. The fourth-order valence-corrected chi connectivity index (χ4v) is 2.62. The highest BCUT2D eigenvalue weighted by Crippen LogP contribution is 2.19. The van der Waals surface area contributed by atoms with E-state index in [9.17, 15) is 9.59 Å². The Labute approximate surface area is 166 Å². The molecule has 7 heteroatoms. The molecule has 0 saturated carbocycles. The molecule has 3 aromatic rings. The lowest BCUT2D eigenvalue weighted by Crippen LogP contribution is -2.20. The second-order valence-electron chi connectivity index (χ2n) is 5.89. The molecule has 1 heterocycles. The van der Waals surface area contributed by atoms with Gasteiger partial charge in [-0.2, -0.15) is 0 Å². The van der Waals surface area contributed by atoms with Gasteiger partial charge in [-0.1, -0.05) is 53.2 Å². The first-order valence-electron chi connectivity index (χ1n) is 8.33. The predicted molar refractivity (Wildman–Crippen MR) is 109 cm³/mol. The van der Waals surface area contributed by atoms with Gasteiger partial charge in [0.15, 0.2) is 11.6 Å². The van der Waals surface area contributed by atoms with Gasteiger partial charge < -0.3 is 10.6 Å². The maximum absolute atomic E-state index is 12.8. The molecule has 3 rings (SSSR count). The standard InChI is InChI=1S/C21H16ClN3O3/c1-13(26)28-25-21(23)20-17(12-15-4-2-3-5-18(15)24-20)19(27)11-8-14-6-9-16(22)10-7-14/h2-12H,1H3,(H2,23,25)/b11-8+. The van der Waals surface area contributed by atoms with Crippen molar-refractivity contribution < 1.29 is 14.4 Å². The second kappa shape index (κ2) is 8.45. The van der Waals surface area contributed by atoms with Crippen molar-refractivity contribution in [3.05, 3.63) is 82.5 Å². The molecule has 0 atom stereocenters. The number of aromatic nitrogens is 1. The molecular weight excluding hydrogens is 378 g/mol. The molecule has 0 bridgehead atoms. The normalized spacial score (nSPS) is 11.7. The van der Waals surface area contributed by atoms with Gasteiger partial charge in [0.05, 0.1) is 11.1 Å². The minimum absolute atomic E-state index is 0.144. The number of oxime groups is 1. The van der Waals surface area contributed by atoms with Crippen molar-refractivity contribution in [1.29, 1.82) is 0 Å². The van der Waals surface area contributed by atoms with Crippen LogP contribution < -0.4 is 5.73 Å². The summed E-state index contributed by atoms with van der Waals surface area (Å²) >= 11 is 5.87. The monoisotopic (exact) mass is 393 g/mol. The number of nitrogens with zero attached hydrogens (tertiary/aromatic N) is 2. The van der Waals surface area contributed by atoms with Crippen molar-refractivity contribution >= 4 is 46.2 Å². The number of carbonyl (C=O) groups is 2. The molecule has 0 aliphatic heterocycles. The number of allylic oxidation sites excluding steroid dienone is 1. The van der Waals surface area contributed by atoms with E-state index in [0.717, 1.165) is 10.9 Å². The van der Waals surface area contributed by atoms with E-state index in [4.69, 9.17) is 17.3 Å². The lowest BCUT2D eigenvalue weighted by atomic mass is 10.0. The van der Waals surface area contributed by atoms with Gasteiger partial charge in [0, 0.05) is 17.3 Å². The lowest BCUT2D eigenvalue weighted by Gasteiger charge is -2.08. The number of hydrogen-bond donors (Lipinski definition) is 1. The highest BCUT2D eigenvalue weighted by molar-refractivity contribution is 6.30. The number of nitrogens with two attached hydrogens (primary N) is 1. The van der Waals surface area contributed by atoms with Crippen LogP contribution in [0.5, 0.6) is 0 Å². The van der Waals surface area contributed by atoms with Gasteiger partial charge in [0.2, 0.25) is 0 Å². The third-order valence-electron chi connectivity index (χ3n) is 3.80. The summed E-state index contributed by atoms with van der Waals surface area (Å²) in [5.74, 6) is -1.10. The Morgan fingerprint density at radius 3 is 2.57 bits per heavy atom. The number of benzene rings is 2. The van der Waals surface area contributed by atoms with Crippen LogP contribution >= 0.6 is 11.6 Å². The summed E-state index contributed by atoms with van der Waals surface area (Å²) in [6, 6.07) is 16.0. The van der Waals surface area contributed by atoms with E-state index in [1.165, 1.54) is 13.0 Å². The Kier molecular flexibility index (Phi) is 5.81. The number of halogens is 1. The third kappa shape index (κ3) is 4.61. The molecule has 140 valence electrons. The number of pyridine rings is 1. The van der Waals surface area contributed by atoms with E-state index in [1.54, 1.807) is 42.5 Å². The topological polar surface area (TPSA) is 94.6 Å². The summed E-state index contributed by atoms with van der Waals surface area (Å²) in [5, 5.41) is 4.95. The van der Waals surface area contributed by atoms with Crippen LogP contribution in [0.4, 0.5) is 0 Å². The first-order valence-corrected chi connectivity index (χ1v) is 8.71. The molecule has 2 N–H and O–H groups in total. The number of para-hydroxylation sites is 1. The summed E-state index contributed by atoms with van der Waals surface area (Å²) in [4.78, 5) is 32.8. The maximum atomic E-state index is 12.8. The minimum Gasteiger partial charge on any atom is -0.379 e. The number of carbonyl (C=O) groups excluding carboxylic acids is 2. The van der Waals surface area contributed by atoms with Gasteiger partial charge >= 0.3 is 5.97 Å². The quantitative estimate of drug-likeness (QED) is 0.177. The Morgan fingerprint density at radius 1 is 1.14 bits per heavy atom. The van der Waals surface area contributed by atoms with Crippen LogP contribution in [0.1, 0.15) is 28.5 Å². The van der Waals surface area contributed by atoms with Crippen LogP contribution in [0.3, 0.4) is 0 Å². The van der Waals surface area contributed by atoms with E-state index in [-0.39, 0.29) is 22.9 Å². The highest BCUT2D eigenvalue weighted by atomic mass is 35.5. The zero-order valence-corrected chi connectivity index (χ0v) is 15.7. The van der Waals surface area contributed by atoms with Gasteiger partial charge in [-0.3, -0.25) is 4.79 Å². The fraction of sp³-hybridized carbons (Fsp3) is 0.0476. The van der Waals surface area contributed by atoms with E-state index >= 15 is 0 Å². The Balaban J connectivity index is 2.02. The molecule has 6 nitrogen and oxygen atoms in total. The van der Waals surface area contributed by atoms with E-state index in [0.29, 0.717) is 10.5 Å². The van der Waals surface area contributed by atoms with Crippen molar-refractivity contribution in [3.63, 3.8) is 0 Å². The number of hydrogen-bond acceptors (Lipinski definition) is 5. The Morgan fingerprint density at radius 2 is 1.86 bits per heavy atom. The lowest BCUT2D eigenvalue weighted by molar-refractivity contribution is -0.140. The van der Waals surface area contributed by atoms with Gasteiger partial charge in [-0.05, 0) is 35.9 Å². The molecule has 2 aromatic carbocycles. The fourth-order valence-electron chi connectivity index (χ4n) is 2.49. The number of ketones is 1. The average Bonchev–Trinajstić information content (AvgIpc) is 2.70. The number of fused-ring (bicyclic) bond motifs is 1. The second-order valence-corrected chi connectivity index (χ2v) is 6.32. The molecule has 28 heavy (non-hydrogen) atoms. The van der Waals surface area contributed by atoms with Crippen molar-refractivity contribution in [2.45, 2.75) is 6.92 Å². The Bertz CT molecular complexity index is 1110. The van der Waals surface area contributed by atoms with Gasteiger partial charge in [0.1, 0.15) is 5.69 Å². The van der Waals surface area contributed by atoms with Crippen LogP contribution in [0.2, 0.25) is 5.02 Å². The third-order valence-corrected chi connectivity index (χ3v) is 4.05. The molecule has 0 fully saturated rings. The van der Waals surface area contributed by atoms with Crippen molar-refractivity contribution in [1.82, 2.24) is 4.98 Å². The summed E-state index contributed by atoms with van der Waals surface area (Å²) in [6.07, 6.45) is 3.08. The molecule has 0 aliphatic carbocycles. The van der Waals surface area contributed by atoms with Crippen molar-refractivity contribution in [2.24, 2.45) is 10.9 Å². The molecule has 0 saturated heterocycles. The molecule has 0 aliphatic rings. The van der Waals surface area contributed by atoms with E-state index < -0.39 is 5.97 Å². The summed E-state index contributed by atoms with van der Waals surface area (Å²) in [5.41, 5.74) is 7.76. The first-order chi connectivity index (χ1) is 13.4. The highest BCUT2D eigenvalue weighted by Gasteiger charge is 2.16. The summed E-state index contributed by atoms with van der Waals surface area (Å²) < 4.78 is 0. The maximum Gasteiger partial charge on any atom is 0.332 e. The molecule has 0 radical (unpaired) electrons. The minimum atomic E-state index is -0.626. The summed E-state index contributed by atoms with van der Waals surface area (Å²) in [7, 11) is 0. The Hall–Kier alpha value is -3.51. The molecule has 0 amide bonds. The summed E-state index contributed by atoms with van der Waals surface area (Å²) in [6.45, 7) is 1.20. The number of amidine groups is 1. The zero-order chi connectivity index (χ0) is 20.1. The number of rotatable bonds is 5. The predicted octanol–water partition coefficient (Wildman–Crippen LogP) is 3.97. The van der Waals surface area contributed by atoms with Crippen LogP contribution in [0.25, 0.3) is 17.0 Å². The SMILES string of the molecule is CC(=O)ON=C(N)c1nc2ccccc2cc1C(=O)/C=C/c1ccc(Cl)cc1. The molecular formula is C21H16ClN3O3. The van der Waals surface area contributed by atoms with Gasteiger partial charge in [0.25, 0.3) is 0 Å². The van der Waals surface area contributed by atoms with Crippen molar-refractivity contribution in [3.8, 4) is 0 Å². The van der Waals surface area contributed by atoms with Crippen LogP contribution in [0, 0.1) is 0 Å². The van der Waals surface area contributed by atoms with E-state index in [1.807, 2.05) is 18.2 Å². The van der Waals surface area contributed by atoms with Crippen molar-refractivity contribution in [2.75, 3.05) is 0 Å². The van der Waals surface area contributed by atoms with Gasteiger partial charge in [-0.15, -0.1) is 0 Å². The first kappa shape index (κ1) is 19.3. The van der Waals surface area contributed by atoms with E-state index in [2.05, 4.69) is 15.0 Å².